The molecule has 0 N–H and O–H groups in total. The minimum Gasteiger partial charge on any atom is -0.313 e. The van der Waals surface area contributed by atoms with E-state index < -0.39 is 21.9 Å². The number of hydrogen-bond donors (Lipinski definition) is 0. The number of nitrogens with zero attached hydrogens (tertiary/aromatic N) is 4. The number of halogens is 4. The first-order valence-corrected chi connectivity index (χ1v) is 6.92. The fourth-order valence-corrected chi connectivity index (χ4v) is 2.49. The lowest BCUT2D eigenvalue weighted by atomic mass is 10.4. The molecule has 0 saturated heterocycles. The smallest absolute Gasteiger partial charge is 0.313 e. The van der Waals surface area contributed by atoms with Crippen molar-refractivity contribution < 1.29 is 13.2 Å². The van der Waals surface area contributed by atoms with Gasteiger partial charge in [-0.05, 0) is 36.9 Å². The van der Waals surface area contributed by atoms with Crippen LogP contribution >= 0.6 is 15.9 Å². The summed E-state index contributed by atoms with van der Waals surface area (Å²) < 4.78 is 41.0. The highest BCUT2D eigenvalue weighted by Crippen LogP contribution is 2.31. The van der Waals surface area contributed by atoms with Gasteiger partial charge in [0, 0.05) is 25.0 Å². The SMILES string of the molecule is Cc1cn2c(=O)c(Br)c(C(F)(F)F)nc2n1CCN(C)C. The molecule has 0 aromatic carbocycles. The molecule has 0 spiro atoms. The highest BCUT2D eigenvalue weighted by atomic mass is 79.9. The second-order valence-electron chi connectivity index (χ2n) is 4.97. The van der Waals surface area contributed by atoms with Gasteiger partial charge in [-0.1, -0.05) is 0 Å². The van der Waals surface area contributed by atoms with Crippen LogP contribution < -0.4 is 5.56 Å². The summed E-state index contributed by atoms with van der Waals surface area (Å²) in [5, 5.41) is 0. The van der Waals surface area contributed by atoms with Gasteiger partial charge in [0.25, 0.3) is 5.56 Å². The lowest BCUT2D eigenvalue weighted by Gasteiger charge is -2.13. The first-order valence-electron chi connectivity index (χ1n) is 6.13. The molecule has 2 heterocycles. The van der Waals surface area contributed by atoms with Crippen LogP contribution in [-0.4, -0.2) is 39.5 Å². The molecule has 0 amide bonds. The van der Waals surface area contributed by atoms with E-state index >= 15 is 0 Å². The Labute approximate surface area is 127 Å². The van der Waals surface area contributed by atoms with Gasteiger partial charge in [0.05, 0.1) is 0 Å². The van der Waals surface area contributed by atoms with Crippen molar-refractivity contribution in [2.45, 2.75) is 19.6 Å². The van der Waals surface area contributed by atoms with E-state index in [4.69, 9.17) is 0 Å². The molecule has 21 heavy (non-hydrogen) atoms. The fraction of sp³-hybridized carbons (Fsp3) is 0.500. The third-order valence-corrected chi connectivity index (χ3v) is 3.78. The van der Waals surface area contributed by atoms with Gasteiger partial charge < -0.3 is 9.47 Å². The van der Waals surface area contributed by atoms with Crippen LogP contribution in [0.25, 0.3) is 5.78 Å². The number of hydrogen-bond acceptors (Lipinski definition) is 3. The van der Waals surface area contributed by atoms with E-state index in [-0.39, 0.29) is 5.78 Å². The minimum atomic E-state index is -4.68. The summed E-state index contributed by atoms with van der Waals surface area (Å²) in [7, 11) is 3.72. The fourth-order valence-electron chi connectivity index (χ4n) is 1.99. The molecule has 0 fully saturated rings. The average molecular weight is 367 g/mol. The standard InChI is InChI=1S/C12H14BrF3N4O/c1-7-6-20-10(21)8(13)9(12(14,15)16)17-11(20)19(7)5-4-18(2)3/h6H,4-5H2,1-3H3. The molecular weight excluding hydrogens is 353 g/mol. The van der Waals surface area contributed by atoms with Gasteiger partial charge in [-0.3, -0.25) is 9.20 Å². The molecule has 2 aromatic heterocycles. The highest BCUT2D eigenvalue weighted by Gasteiger charge is 2.37. The van der Waals surface area contributed by atoms with Crippen LogP contribution in [0.15, 0.2) is 15.5 Å². The molecule has 2 aromatic rings. The molecule has 116 valence electrons. The van der Waals surface area contributed by atoms with Crippen LogP contribution in [0.4, 0.5) is 13.2 Å². The van der Waals surface area contributed by atoms with Gasteiger partial charge in [-0.2, -0.15) is 13.2 Å². The molecule has 0 aliphatic carbocycles. The zero-order valence-corrected chi connectivity index (χ0v) is 13.3. The van der Waals surface area contributed by atoms with Crippen LogP contribution in [0, 0.1) is 6.92 Å². The first kappa shape index (κ1) is 16.0. The minimum absolute atomic E-state index is 0.00475. The van der Waals surface area contributed by atoms with Gasteiger partial charge in [0.2, 0.25) is 5.78 Å². The van der Waals surface area contributed by atoms with Crippen LogP contribution in [0.2, 0.25) is 0 Å². The third-order valence-electron chi connectivity index (χ3n) is 3.06. The average Bonchev–Trinajstić information content (AvgIpc) is 2.66. The van der Waals surface area contributed by atoms with Crippen molar-refractivity contribution in [3.05, 3.63) is 32.4 Å². The number of likely N-dealkylation sites (N-methyl/N-ethyl adjacent to an activating group) is 1. The predicted molar refractivity (Wildman–Crippen MR) is 75.4 cm³/mol. The molecule has 0 aliphatic heterocycles. The lowest BCUT2D eigenvalue weighted by molar-refractivity contribution is -0.141. The van der Waals surface area contributed by atoms with Crippen molar-refractivity contribution in [2.24, 2.45) is 0 Å². The van der Waals surface area contributed by atoms with E-state index in [0.717, 1.165) is 4.40 Å². The monoisotopic (exact) mass is 366 g/mol. The largest absolute Gasteiger partial charge is 0.434 e. The van der Waals surface area contributed by atoms with Crippen LogP contribution in [-0.2, 0) is 12.7 Å². The maximum Gasteiger partial charge on any atom is 0.434 e. The Hall–Kier alpha value is -1.35. The Morgan fingerprint density at radius 1 is 1.38 bits per heavy atom. The third kappa shape index (κ3) is 2.98. The summed E-state index contributed by atoms with van der Waals surface area (Å²) in [5.41, 5.74) is -1.29. The van der Waals surface area contributed by atoms with E-state index in [2.05, 4.69) is 20.9 Å². The number of imidazole rings is 1. The second-order valence-corrected chi connectivity index (χ2v) is 5.77. The summed E-state index contributed by atoms with van der Waals surface area (Å²) in [6.07, 6.45) is -3.19. The van der Waals surface area contributed by atoms with Crippen molar-refractivity contribution in [1.82, 2.24) is 18.9 Å². The number of alkyl halides is 3. The predicted octanol–water partition coefficient (Wildman–Crippen LogP) is 2.15. The Morgan fingerprint density at radius 3 is 2.52 bits per heavy atom. The van der Waals surface area contributed by atoms with Gasteiger partial charge in [-0.25, -0.2) is 4.98 Å². The van der Waals surface area contributed by atoms with Crippen molar-refractivity contribution >= 4 is 21.7 Å². The van der Waals surface area contributed by atoms with E-state index in [1.165, 1.54) is 6.20 Å². The normalized spacial score (nSPS) is 12.6. The summed E-state index contributed by atoms with van der Waals surface area (Å²) in [6, 6.07) is 0. The van der Waals surface area contributed by atoms with Crippen molar-refractivity contribution in [3.63, 3.8) is 0 Å². The van der Waals surface area contributed by atoms with Gasteiger partial charge >= 0.3 is 6.18 Å². The summed E-state index contributed by atoms with van der Waals surface area (Å²) >= 11 is 2.70. The maximum atomic E-state index is 13.0. The van der Waals surface area contributed by atoms with E-state index in [9.17, 15) is 18.0 Å². The summed E-state index contributed by atoms with van der Waals surface area (Å²) in [5.74, 6) is -0.00475. The van der Waals surface area contributed by atoms with Gasteiger partial charge in [0.1, 0.15) is 4.47 Å². The topological polar surface area (TPSA) is 42.5 Å². The second kappa shape index (κ2) is 5.45. The molecule has 0 aliphatic rings. The van der Waals surface area contributed by atoms with Crippen LogP contribution in [0.3, 0.4) is 0 Å². The van der Waals surface area contributed by atoms with Crippen LogP contribution in [0.1, 0.15) is 11.4 Å². The summed E-state index contributed by atoms with van der Waals surface area (Å²) in [4.78, 5) is 17.6. The first-order chi connectivity index (χ1) is 9.62. The van der Waals surface area contributed by atoms with E-state index in [1.807, 2.05) is 19.0 Å². The number of aromatic nitrogens is 3. The Kier molecular flexibility index (Phi) is 4.16. The Balaban J connectivity index is 2.70. The molecule has 0 radical (unpaired) electrons. The molecule has 0 saturated carbocycles. The van der Waals surface area contributed by atoms with Crippen LogP contribution in [0.5, 0.6) is 0 Å². The van der Waals surface area contributed by atoms with Crippen molar-refractivity contribution in [3.8, 4) is 0 Å². The molecule has 9 heteroatoms. The Bertz CT molecular complexity index is 733. The molecule has 2 rings (SSSR count). The number of fused-ring (bicyclic) bond motifs is 1. The Morgan fingerprint density at radius 2 is 2.00 bits per heavy atom. The van der Waals surface area contributed by atoms with Gasteiger partial charge in [-0.15, -0.1) is 0 Å². The number of rotatable bonds is 3. The molecular formula is C12H14BrF3N4O. The maximum absolute atomic E-state index is 13.0. The van der Waals surface area contributed by atoms with Crippen molar-refractivity contribution in [2.75, 3.05) is 20.6 Å². The van der Waals surface area contributed by atoms with Gasteiger partial charge in [0.15, 0.2) is 5.69 Å². The van der Waals surface area contributed by atoms with E-state index in [1.54, 1.807) is 11.5 Å². The summed E-state index contributed by atoms with van der Waals surface area (Å²) in [6.45, 7) is 2.80. The molecule has 0 bridgehead atoms. The zero-order chi connectivity index (χ0) is 15.9. The van der Waals surface area contributed by atoms with E-state index in [0.29, 0.717) is 18.8 Å². The molecule has 5 nitrogen and oxygen atoms in total. The highest BCUT2D eigenvalue weighted by molar-refractivity contribution is 9.10. The zero-order valence-electron chi connectivity index (χ0n) is 11.7. The molecule has 0 unspecified atom stereocenters. The number of aryl methyl sites for hydroxylation is 1. The lowest BCUT2D eigenvalue weighted by Crippen LogP contribution is -2.24. The quantitative estimate of drug-likeness (QED) is 0.835. The van der Waals surface area contributed by atoms with Crippen molar-refractivity contribution in [1.29, 1.82) is 0 Å². The molecule has 0 atom stereocenters.